The molecular weight excluding hydrogens is 378 g/mol. The Hall–Kier alpha value is -2.37. The molecule has 1 amide bonds. The number of β-amino-alcohol motifs (C(OH)–C–C–N with tert-alkyl or cyclic N) is 1. The highest BCUT2D eigenvalue weighted by molar-refractivity contribution is 5.95. The van der Waals surface area contributed by atoms with Crippen molar-refractivity contribution in [3.8, 4) is 0 Å². The summed E-state index contributed by atoms with van der Waals surface area (Å²) in [6, 6.07) is 9.06. The number of hydrogen-bond acceptors (Lipinski definition) is 8. The fourth-order valence-electron chi connectivity index (χ4n) is 2.95. The molecule has 1 aromatic carbocycles. The zero-order valence-electron chi connectivity index (χ0n) is 16.5. The number of carbonyl (C=O) groups is 3. The summed E-state index contributed by atoms with van der Waals surface area (Å²) in [4.78, 5) is 36.5. The van der Waals surface area contributed by atoms with Crippen LogP contribution in [0, 0.1) is 5.92 Å². The zero-order chi connectivity index (χ0) is 22.2. The monoisotopic (exact) mass is 409 g/mol. The number of carboxylic acid groups (broad SMARTS) is 1. The van der Waals surface area contributed by atoms with E-state index in [0.29, 0.717) is 6.54 Å². The quantitative estimate of drug-likeness (QED) is 0.285. The van der Waals surface area contributed by atoms with E-state index in [-0.39, 0.29) is 31.8 Å². The fraction of sp³-hybridized carbons (Fsp3) is 0.526. The first kappa shape index (κ1) is 24.7. The van der Waals surface area contributed by atoms with Crippen molar-refractivity contribution in [3.63, 3.8) is 0 Å². The Kier molecular flexibility index (Phi) is 9.34. The Morgan fingerprint density at radius 1 is 1.21 bits per heavy atom. The van der Waals surface area contributed by atoms with E-state index in [1.165, 1.54) is 17.4 Å². The molecule has 1 fully saturated rings. The van der Waals surface area contributed by atoms with Gasteiger partial charge in [-0.15, -0.1) is 0 Å². The van der Waals surface area contributed by atoms with Crippen molar-refractivity contribution >= 4 is 17.7 Å². The number of aliphatic hydroxyl groups excluding tert-OH is 1. The van der Waals surface area contributed by atoms with Gasteiger partial charge in [-0.05, 0) is 5.56 Å². The van der Waals surface area contributed by atoms with Gasteiger partial charge in [0.15, 0.2) is 11.4 Å². The third-order valence-corrected chi connectivity index (χ3v) is 4.88. The first-order valence-corrected chi connectivity index (χ1v) is 9.32. The van der Waals surface area contributed by atoms with E-state index in [0.717, 1.165) is 0 Å². The van der Waals surface area contributed by atoms with Crippen molar-refractivity contribution in [3.05, 3.63) is 35.9 Å². The molecule has 1 aliphatic heterocycles. The predicted molar refractivity (Wildman–Crippen MR) is 107 cm³/mol. The number of ketones is 1. The highest BCUT2D eigenvalue weighted by Crippen LogP contribution is 2.24. The van der Waals surface area contributed by atoms with E-state index < -0.39 is 35.5 Å². The minimum atomic E-state index is -2.23. The Morgan fingerprint density at radius 2 is 1.79 bits per heavy atom. The number of aliphatic carboxylic acids is 1. The minimum absolute atomic E-state index is 0.0111. The summed E-state index contributed by atoms with van der Waals surface area (Å²) in [7, 11) is 0. The Labute approximate surface area is 169 Å². The number of nitrogens with two attached hydrogens (primary N) is 4. The van der Waals surface area contributed by atoms with Gasteiger partial charge in [0.2, 0.25) is 5.91 Å². The minimum Gasteiger partial charge on any atom is -0.479 e. The number of carbonyl (C=O) groups excluding carboxylic acids is 2. The Morgan fingerprint density at radius 3 is 2.24 bits per heavy atom. The van der Waals surface area contributed by atoms with Crippen LogP contribution in [0.3, 0.4) is 0 Å². The summed E-state index contributed by atoms with van der Waals surface area (Å²) in [5, 5.41) is 18.6. The number of Topliss-reactive ketones (excluding diaryl/α,β-unsaturated/α-hetero) is 1. The molecule has 162 valence electrons. The predicted octanol–water partition coefficient (Wildman–Crippen LogP) is -1.65. The van der Waals surface area contributed by atoms with Crippen molar-refractivity contribution in [2.45, 2.75) is 44.1 Å². The van der Waals surface area contributed by atoms with Gasteiger partial charge in [-0.25, -0.2) is 4.79 Å². The highest BCUT2D eigenvalue weighted by Gasteiger charge is 2.46. The topological polar surface area (TPSA) is 199 Å². The molecule has 2 rings (SSSR count). The SMILES string of the molecule is CC(C(=O)[C@@H]1C[C@@H](O)CN1C(=O)CCN)C(N)(N)C(=O)O.NCc1ccccc1. The van der Waals surface area contributed by atoms with Crippen LogP contribution in [0.1, 0.15) is 25.3 Å². The molecule has 1 aromatic rings. The van der Waals surface area contributed by atoms with E-state index in [9.17, 15) is 19.5 Å². The standard InChI is InChI=1S/C12H22N4O5.C7H9N/c1-6(12(14,15)11(20)21)10(19)8-4-7(17)5-16(8)9(18)2-3-13;8-6-7-4-2-1-3-5-7/h6-8,17H,2-5,13-15H2,1H3,(H,20,21);1-5H,6,8H2/t6?,7-,8+;/m1./s1. The molecule has 0 saturated carbocycles. The molecule has 1 aliphatic rings. The number of aliphatic hydroxyl groups is 1. The second kappa shape index (κ2) is 11.0. The molecule has 1 saturated heterocycles. The van der Waals surface area contributed by atoms with Gasteiger partial charge in [-0.2, -0.15) is 0 Å². The number of carboxylic acids is 1. The first-order chi connectivity index (χ1) is 13.6. The molecular formula is C19H31N5O5. The van der Waals surface area contributed by atoms with Crippen LogP contribution in [-0.4, -0.2) is 63.7 Å². The van der Waals surface area contributed by atoms with Crippen molar-refractivity contribution in [1.29, 1.82) is 0 Å². The van der Waals surface area contributed by atoms with Crippen LogP contribution in [0.4, 0.5) is 0 Å². The molecule has 0 bridgehead atoms. The second-order valence-electron chi connectivity index (χ2n) is 7.04. The van der Waals surface area contributed by atoms with Crippen LogP contribution >= 0.6 is 0 Å². The average Bonchev–Trinajstić information content (AvgIpc) is 3.09. The van der Waals surface area contributed by atoms with Crippen molar-refractivity contribution in [2.75, 3.05) is 13.1 Å². The number of benzene rings is 1. The maximum absolute atomic E-state index is 12.4. The Balaban J connectivity index is 0.000000436. The van der Waals surface area contributed by atoms with Gasteiger partial charge < -0.3 is 38.0 Å². The van der Waals surface area contributed by atoms with E-state index in [2.05, 4.69) is 0 Å². The molecule has 1 heterocycles. The van der Waals surface area contributed by atoms with Gasteiger partial charge in [0.1, 0.15) is 0 Å². The van der Waals surface area contributed by atoms with Crippen LogP contribution in [0.15, 0.2) is 30.3 Å². The number of nitrogens with zero attached hydrogens (tertiary/aromatic N) is 1. The molecule has 1 unspecified atom stereocenters. The lowest BCUT2D eigenvalue weighted by Gasteiger charge is -2.31. The van der Waals surface area contributed by atoms with E-state index in [1.54, 1.807) is 0 Å². The number of hydrogen-bond donors (Lipinski definition) is 6. The first-order valence-electron chi connectivity index (χ1n) is 9.32. The summed E-state index contributed by atoms with van der Waals surface area (Å²) >= 11 is 0. The average molecular weight is 409 g/mol. The summed E-state index contributed by atoms with van der Waals surface area (Å²) in [5.41, 5.74) is 20.5. The fourth-order valence-corrected chi connectivity index (χ4v) is 2.95. The molecule has 10 nitrogen and oxygen atoms in total. The maximum Gasteiger partial charge on any atom is 0.339 e. The largest absolute Gasteiger partial charge is 0.479 e. The molecule has 0 spiro atoms. The summed E-state index contributed by atoms with van der Waals surface area (Å²) < 4.78 is 0. The third kappa shape index (κ3) is 6.58. The zero-order valence-corrected chi connectivity index (χ0v) is 16.5. The molecule has 10 heteroatoms. The van der Waals surface area contributed by atoms with Crippen LogP contribution in [0.2, 0.25) is 0 Å². The van der Waals surface area contributed by atoms with E-state index in [1.807, 2.05) is 30.3 Å². The van der Waals surface area contributed by atoms with Gasteiger partial charge in [0, 0.05) is 32.5 Å². The molecule has 29 heavy (non-hydrogen) atoms. The lowest BCUT2D eigenvalue weighted by Crippen LogP contribution is -2.64. The summed E-state index contributed by atoms with van der Waals surface area (Å²) in [5.74, 6) is -3.67. The normalized spacial score (nSPS) is 19.9. The Bertz CT molecular complexity index is 697. The highest BCUT2D eigenvalue weighted by atomic mass is 16.4. The van der Waals surface area contributed by atoms with Gasteiger partial charge >= 0.3 is 5.97 Å². The van der Waals surface area contributed by atoms with Crippen LogP contribution in [0.25, 0.3) is 0 Å². The lowest BCUT2D eigenvalue weighted by molar-refractivity contribution is -0.149. The van der Waals surface area contributed by atoms with Crippen LogP contribution in [0.5, 0.6) is 0 Å². The second-order valence-corrected chi connectivity index (χ2v) is 7.04. The smallest absolute Gasteiger partial charge is 0.339 e. The molecule has 3 atom stereocenters. The third-order valence-electron chi connectivity index (χ3n) is 4.88. The van der Waals surface area contributed by atoms with Gasteiger partial charge in [-0.3, -0.25) is 9.59 Å². The van der Waals surface area contributed by atoms with Gasteiger partial charge in [0.25, 0.3) is 0 Å². The summed E-state index contributed by atoms with van der Waals surface area (Å²) in [6.07, 6.45) is -0.766. The van der Waals surface area contributed by atoms with Crippen LogP contribution in [-0.2, 0) is 20.9 Å². The molecule has 10 N–H and O–H groups in total. The molecule has 0 radical (unpaired) electrons. The number of likely N-dealkylation sites (tertiary alicyclic amines) is 1. The van der Waals surface area contributed by atoms with E-state index >= 15 is 0 Å². The van der Waals surface area contributed by atoms with Gasteiger partial charge in [-0.1, -0.05) is 37.3 Å². The van der Waals surface area contributed by atoms with Crippen LogP contribution < -0.4 is 22.9 Å². The molecule has 0 aliphatic carbocycles. The maximum atomic E-state index is 12.4. The summed E-state index contributed by atoms with van der Waals surface area (Å²) in [6.45, 7) is 2.07. The molecule has 0 aromatic heterocycles. The van der Waals surface area contributed by atoms with E-state index in [4.69, 9.17) is 28.0 Å². The van der Waals surface area contributed by atoms with Crippen molar-refractivity contribution in [1.82, 2.24) is 4.90 Å². The number of amides is 1. The van der Waals surface area contributed by atoms with Gasteiger partial charge in [0.05, 0.1) is 18.1 Å². The lowest BCUT2D eigenvalue weighted by atomic mass is 9.87. The van der Waals surface area contributed by atoms with Crippen molar-refractivity contribution < 1.29 is 24.6 Å². The van der Waals surface area contributed by atoms with Crippen molar-refractivity contribution in [2.24, 2.45) is 28.9 Å². The number of rotatable bonds is 7.